The molecule has 1 rings (SSSR count). The van der Waals surface area contributed by atoms with Crippen LogP contribution in [0.4, 0.5) is 11.4 Å². The number of hydrogen-bond donors (Lipinski definition) is 2. The Kier molecular flexibility index (Phi) is 7.91. The highest BCUT2D eigenvalue weighted by Crippen LogP contribution is 2.17. The second-order valence-corrected chi connectivity index (χ2v) is 5.88. The summed E-state index contributed by atoms with van der Waals surface area (Å²) in [7, 11) is 1.91. The molecule has 0 aromatic heterocycles. The molecule has 0 saturated heterocycles. The number of nitrogens with zero attached hydrogens (tertiary/aromatic N) is 1. The van der Waals surface area contributed by atoms with Crippen LogP contribution in [0.15, 0.2) is 24.3 Å². The van der Waals surface area contributed by atoms with Crippen molar-refractivity contribution in [3.63, 3.8) is 0 Å². The molecule has 0 bridgehead atoms. The molecule has 1 atom stereocenters. The zero-order valence-corrected chi connectivity index (χ0v) is 14.0. The summed E-state index contributed by atoms with van der Waals surface area (Å²) in [4.78, 5) is 14.0. The second-order valence-electron chi connectivity index (χ2n) is 5.88. The second kappa shape index (κ2) is 9.43. The van der Waals surface area contributed by atoms with Crippen molar-refractivity contribution in [2.75, 3.05) is 37.0 Å². The first-order valence-corrected chi connectivity index (χ1v) is 7.78. The maximum absolute atomic E-state index is 12.0. The number of benzene rings is 1. The highest BCUT2D eigenvalue weighted by molar-refractivity contribution is 5.94. The van der Waals surface area contributed by atoms with Crippen molar-refractivity contribution in [2.45, 2.75) is 33.3 Å². The summed E-state index contributed by atoms with van der Waals surface area (Å²) in [6, 6.07) is 7.52. The summed E-state index contributed by atoms with van der Waals surface area (Å²) >= 11 is 0. The molecule has 124 valence electrons. The number of nitrogens with one attached hydrogen (secondary N) is 1. The topological polar surface area (TPSA) is 61.8 Å². The summed E-state index contributed by atoms with van der Waals surface area (Å²) < 4.78 is 5.53. The lowest BCUT2D eigenvalue weighted by Gasteiger charge is -2.18. The van der Waals surface area contributed by atoms with Crippen LogP contribution in [0, 0.1) is 5.92 Å². The average Bonchev–Trinajstić information content (AvgIpc) is 2.47. The van der Waals surface area contributed by atoms with Gasteiger partial charge in [0.2, 0.25) is 0 Å². The number of anilines is 2. The van der Waals surface area contributed by atoms with E-state index in [-0.39, 0.29) is 12.5 Å². The Labute approximate surface area is 133 Å². The third-order valence-electron chi connectivity index (χ3n) is 3.44. The number of amides is 1. The number of rotatable bonds is 9. The molecule has 1 aromatic rings. The predicted molar refractivity (Wildman–Crippen MR) is 90.3 cm³/mol. The van der Waals surface area contributed by atoms with Crippen molar-refractivity contribution >= 4 is 17.3 Å². The molecule has 0 aliphatic heterocycles. The fraction of sp³-hybridized carbons (Fsp3) is 0.588. The van der Waals surface area contributed by atoms with Gasteiger partial charge >= 0.3 is 0 Å². The fourth-order valence-corrected chi connectivity index (χ4v) is 1.88. The Balaban J connectivity index is 2.47. The van der Waals surface area contributed by atoms with E-state index >= 15 is 0 Å². The first-order valence-electron chi connectivity index (χ1n) is 7.78. The molecule has 1 amide bonds. The number of aliphatic hydroxyl groups excluding tert-OH is 1. The normalized spacial score (nSPS) is 12.3. The first-order chi connectivity index (χ1) is 10.4. The van der Waals surface area contributed by atoms with Crippen LogP contribution >= 0.6 is 0 Å². The van der Waals surface area contributed by atoms with Crippen LogP contribution < -0.4 is 10.2 Å². The maximum Gasteiger partial charge on any atom is 0.253 e. The van der Waals surface area contributed by atoms with E-state index in [1.165, 1.54) is 0 Å². The lowest BCUT2D eigenvalue weighted by Crippen LogP contribution is -2.28. The minimum absolute atomic E-state index is 0.111. The maximum atomic E-state index is 12.0. The SMILES string of the molecule is CC(C)CCOC(C)C(=O)Nc1ccc(N(C)CCO)cc1. The zero-order valence-electron chi connectivity index (χ0n) is 14.0. The molecule has 5 heteroatoms. The molecule has 0 radical (unpaired) electrons. The Morgan fingerprint density at radius 3 is 2.45 bits per heavy atom. The Morgan fingerprint density at radius 2 is 1.91 bits per heavy atom. The van der Waals surface area contributed by atoms with Crippen molar-refractivity contribution < 1.29 is 14.6 Å². The van der Waals surface area contributed by atoms with Gasteiger partial charge < -0.3 is 20.1 Å². The molecule has 0 saturated carbocycles. The van der Waals surface area contributed by atoms with Gasteiger partial charge in [-0.05, 0) is 43.5 Å². The third-order valence-corrected chi connectivity index (χ3v) is 3.44. The predicted octanol–water partition coefficient (Wildman–Crippen LogP) is 2.50. The first kappa shape index (κ1) is 18.5. The largest absolute Gasteiger partial charge is 0.395 e. The Bertz CT molecular complexity index is 446. The van der Waals surface area contributed by atoms with Crippen LogP contribution in [0.25, 0.3) is 0 Å². The van der Waals surface area contributed by atoms with Crippen molar-refractivity contribution in [2.24, 2.45) is 5.92 Å². The lowest BCUT2D eigenvalue weighted by molar-refractivity contribution is -0.126. The summed E-state index contributed by atoms with van der Waals surface area (Å²) in [6.07, 6.45) is 0.485. The number of hydrogen-bond acceptors (Lipinski definition) is 4. The molecule has 1 unspecified atom stereocenters. The number of carbonyl (C=O) groups is 1. The van der Waals surface area contributed by atoms with Gasteiger partial charge in [-0.3, -0.25) is 4.79 Å². The van der Waals surface area contributed by atoms with Crippen molar-refractivity contribution in [1.82, 2.24) is 0 Å². The molecule has 0 fully saturated rings. The van der Waals surface area contributed by atoms with E-state index in [1.54, 1.807) is 6.92 Å². The summed E-state index contributed by atoms with van der Waals surface area (Å²) in [5.74, 6) is 0.430. The number of aliphatic hydroxyl groups is 1. The minimum Gasteiger partial charge on any atom is -0.395 e. The van der Waals surface area contributed by atoms with Crippen LogP contribution in [0.2, 0.25) is 0 Å². The highest BCUT2D eigenvalue weighted by Gasteiger charge is 2.13. The molecular formula is C17H28N2O3. The van der Waals surface area contributed by atoms with Crippen LogP contribution in [-0.4, -0.2) is 43.9 Å². The summed E-state index contributed by atoms with van der Waals surface area (Å²) in [5, 5.41) is 11.8. The molecule has 0 heterocycles. The van der Waals surface area contributed by atoms with Crippen molar-refractivity contribution in [1.29, 1.82) is 0 Å². The zero-order chi connectivity index (χ0) is 16.5. The Hall–Kier alpha value is -1.59. The minimum atomic E-state index is -0.463. The molecule has 1 aromatic carbocycles. The summed E-state index contributed by atoms with van der Waals surface area (Å²) in [6.45, 7) is 7.30. The third kappa shape index (κ3) is 6.45. The van der Waals surface area contributed by atoms with Gasteiger partial charge in [0.25, 0.3) is 5.91 Å². The van der Waals surface area contributed by atoms with E-state index < -0.39 is 6.10 Å². The van der Waals surface area contributed by atoms with Gasteiger partial charge in [-0.25, -0.2) is 0 Å². The summed E-state index contributed by atoms with van der Waals surface area (Å²) in [5.41, 5.74) is 1.73. The van der Waals surface area contributed by atoms with Gasteiger partial charge in [-0.15, -0.1) is 0 Å². The molecule has 0 aliphatic rings. The van der Waals surface area contributed by atoms with Crippen LogP contribution in [0.1, 0.15) is 27.2 Å². The molecule has 22 heavy (non-hydrogen) atoms. The molecule has 0 spiro atoms. The lowest BCUT2D eigenvalue weighted by atomic mass is 10.1. The van der Waals surface area contributed by atoms with Crippen molar-refractivity contribution in [3.8, 4) is 0 Å². The number of ether oxygens (including phenoxy) is 1. The van der Waals surface area contributed by atoms with Crippen LogP contribution in [0.5, 0.6) is 0 Å². The van der Waals surface area contributed by atoms with Crippen molar-refractivity contribution in [3.05, 3.63) is 24.3 Å². The van der Waals surface area contributed by atoms with Gasteiger partial charge in [-0.1, -0.05) is 13.8 Å². The van der Waals surface area contributed by atoms with Gasteiger partial charge in [0.1, 0.15) is 6.10 Å². The Morgan fingerprint density at radius 1 is 1.27 bits per heavy atom. The van der Waals surface area contributed by atoms with Gasteiger partial charge in [0.05, 0.1) is 6.61 Å². The quantitative estimate of drug-likeness (QED) is 0.736. The molecule has 2 N–H and O–H groups in total. The average molecular weight is 308 g/mol. The van der Waals surface area contributed by atoms with E-state index in [2.05, 4.69) is 19.2 Å². The van der Waals surface area contributed by atoms with E-state index in [0.29, 0.717) is 19.1 Å². The molecule has 5 nitrogen and oxygen atoms in total. The fourth-order valence-electron chi connectivity index (χ4n) is 1.88. The van der Waals surface area contributed by atoms with E-state index in [0.717, 1.165) is 17.8 Å². The monoisotopic (exact) mass is 308 g/mol. The van der Waals surface area contributed by atoms with Crippen LogP contribution in [-0.2, 0) is 9.53 Å². The van der Waals surface area contributed by atoms with E-state index in [4.69, 9.17) is 9.84 Å². The molecule has 0 aliphatic carbocycles. The van der Waals surface area contributed by atoms with Gasteiger partial charge in [0, 0.05) is 31.6 Å². The highest BCUT2D eigenvalue weighted by atomic mass is 16.5. The van der Waals surface area contributed by atoms with Gasteiger partial charge in [-0.2, -0.15) is 0 Å². The smallest absolute Gasteiger partial charge is 0.253 e. The number of carbonyl (C=O) groups excluding carboxylic acids is 1. The van der Waals surface area contributed by atoms with Gasteiger partial charge in [0.15, 0.2) is 0 Å². The van der Waals surface area contributed by atoms with Crippen LogP contribution in [0.3, 0.4) is 0 Å². The standard InChI is InChI=1S/C17H28N2O3/c1-13(2)9-12-22-14(3)17(21)18-15-5-7-16(8-6-15)19(4)10-11-20/h5-8,13-14,20H,9-12H2,1-4H3,(H,18,21). The van der Waals surface area contributed by atoms with E-state index in [1.807, 2.05) is 36.2 Å². The molecular weight excluding hydrogens is 280 g/mol. The number of likely N-dealkylation sites (N-methyl/N-ethyl adjacent to an activating group) is 1. The van der Waals surface area contributed by atoms with E-state index in [9.17, 15) is 4.79 Å².